The summed E-state index contributed by atoms with van der Waals surface area (Å²) in [5, 5.41) is 0. The first kappa shape index (κ1) is 17.8. The molecule has 0 N–H and O–H groups in total. The molecule has 21 heavy (non-hydrogen) atoms. The minimum Gasteiger partial charge on any atom is -0.462 e. The Bertz CT molecular complexity index is 626. The molecule has 0 fully saturated rings. The molecule has 1 aromatic rings. The maximum atomic E-state index is 13.9. The first-order valence-electron chi connectivity index (χ1n) is 5.84. The predicted octanol–water partition coefficient (Wildman–Crippen LogP) is 2.44. The van der Waals surface area contributed by atoms with Crippen molar-refractivity contribution in [2.45, 2.75) is 20.0 Å². The molecule has 9 heteroatoms. The van der Waals surface area contributed by atoms with Gasteiger partial charge in [0, 0.05) is 10.5 Å². The number of sulfonamides is 1. The molecule has 0 aliphatic heterocycles. The third-order valence-electron chi connectivity index (χ3n) is 2.27. The van der Waals surface area contributed by atoms with Gasteiger partial charge in [0.25, 0.3) is 0 Å². The van der Waals surface area contributed by atoms with Gasteiger partial charge in [-0.15, -0.1) is 0 Å². The minimum atomic E-state index is -3.97. The normalized spacial score (nSPS) is 11.6. The fraction of sp³-hybridized carbons (Fsp3) is 0.417. The van der Waals surface area contributed by atoms with E-state index in [2.05, 4.69) is 15.9 Å². The van der Waals surface area contributed by atoms with Crippen LogP contribution in [-0.2, 0) is 19.6 Å². The molecule has 118 valence electrons. The van der Waals surface area contributed by atoms with E-state index in [-0.39, 0.29) is 4.47 Å². The monoisotopic (exact) mass is 385 g/mol. The number of halogens is 3. The quantitative estimate of drug-likeness (QED) is 0.730. The van der Waals surface area contributed by atoms with Crippen molar-refractivity contribution in [1.82, 2.24) is 0 Å². The lowest BCUT2D eigenvalue weighted by Crippen LogP contribution is -2.37. The second kappa shape index (κ2) is 6.69. The molecule has 0 spiro atoms. The van der Waals surface area contributed by atoms with Gasteiger partial charge in [0.15, 0.2) is 5.82 Å². The Morgan fingerprint density at radius 1 is 1.38 bits per heavy atom. The van der Waals surface area contributed by atoms with Crippen molar-refractivity contribution >= 4 is 37.6 Å². The van der Waals surface area contributed by atoms with Crippen molar-refractivity contribution in [3.8, 4) is 0 Å². The summed E-state index contributed by atoms with van der Waals surface area (Å²) < 4.78 is 55.8. The van der Waals surface area contributed by atoms with Crippen LogP contribution in [0, 0.1) is 11.6 Å². The number of carbonyl (C=O) groups is 1. The van der Waals surface area contributed by atoms with Crippen molar-refractivity contribution in [2.75, 3.05) is 17.1 Å². The fourth-order valence-corrected chi connectivity index (χ4v) is 3.15. The molecule has 0 aromatic heterocycles. The number of nitrogens with zero attached hydrogens (tertiary/aromatic N) is 1. The Morgan fingerprint density at radius 3 is 2.38 bits per heavy atom. The van der Waals surface area contributed by atoms with Crippen molar-refractivity contribution in [3.05, 3.63) is 28.2 Å². The zero-order valence-corrected chi connectivity index (χ0v) is 14.0. The van der Waals surface area contributed by atoms with E-state index in [4.69, 9.17) is 4.74 Å². The van der Waals surface area contributed by atoms with Crippen LogP contribution in [0.2, 0.25) is 0 Å². The van der Waals surface area contributed by atoms with Crippen LogP contribution in [0.25, 0.3) is 0 Å². The van der Waals surface area contributed by atoms with Crippen LogP contribution < -0.4 is 4.31 Å². The molecule has 0 aliphatic carbocycles. The molecule has 0 atom stereocenters. The molecule has 0 heterocycles. The number of hydrogen-bond donors (Lipinski definition) is 0. The fourth-order valence-electron chi connectivity index (χ4n) is 1.55. The minimum absolute atomic E-state index is 0.122. The Labute approximate surface area is 130 Å². The predicted molar refractivity (Wildman–Crippen MR) is 77.5 cm³/mol. The Hall–Kier alpha value is -1.22. The van der Waals surface area contributed by atoms with Crippen LogP contribution in [0.15, 0.2) is 16.6 Å². The third kappa shape index (κ3) is 4.92. The van der Waals surface area contributed by atoms with Gasteiger partial charge in [0.1, 0.15) is 18.0 Å². The second-order valence-electron chi connectivity index (χ2n) is 4.53. The molecule has 0 bridgehead atoms. The first-order valence-corrected chi connectivity index (χ1v) is 8.48. The molecule has 0 radical (unpaired) electrons. The smallest absolute Gasteiger partial charge is 0.327 e. The molecule has 0 saturated carbocycles. The molecule has 1 aromatic carbocycles. The molecule has 0 unspecified atom stereocenters. The number of ether oxygens (including phenoxy) is 1. The maximum absolute atomic E-state index is 13.9. The van der Waals surface area contributed by atoms with E-state index in [0.29, 0.717) is 10.4 Å². The molecule has 0 aliphatic rings. The topological polar surface area (TPSA) is 63.7 Å². The van der Waals surface area contributed by atoms with Crippen molar-refractivity contribution < 1.29 is 26.7 Å². The summed E-state index contributed by atoms with van der Waals surface area (Å²) in [7, 11) is -3.97. The van der Waals surface area contributed by atoms with Crippen LogP contribution in [-0.4, -0.2) is 33.3 Å². The molecular weight excluding hydrogens is 372 g/mol. The lowest BCUT2D eigenvalue weighted by Gasteiger charge is -2.23. The Kier molecular flexibility index (Phi) is 5.68. The lowest BCUT2D eigenvalue weighted by atomic mass is 10.3. The average Bonchev–Trinajstić information content (AvgIpc) is 2.23. The van der Waals surface area contributed by atoms with Gasteiger partial charge in [0.2, 0.25) is 10.0 Å². The number of hydrogen-bond acceptors (Lipinski definition) is 4. The standard InChI is InChI=1S/C12H14BrF2NO4S/c1-7(2)20-11(17)6-16(21(3,18)19)12-9(13)4-8(14)5-10(12)15/h4-5,7H,6H2,1-3H3. The van der Waals surface area contributed by atoms with Gasteiger partial charge in [-0.1, -0.05) is 0 Å². The SMILES string of the molecule is CC(C)OC(=O)CN(c1c(F)cc(F)cc1Br)S(C)(=O)=O. The maximum Gasteiger partial charge on any atom is 0.327 e. The van der Waals surface area contributed by atoms with E-state index in [0.717, 1.165) is 12.3 Å². The summed E-state index contributed by atoms with van der Waals surface area (Å²) >= 11 is 2.89. The van der Waals surface area contributed by atoms with Gasteiger partial charge in [-0.3, -0.25) is 9.10 Å². The first-order chi connectivity index (χ1) is 9.52. The van der Waals surface area contributed by atoms with E-state index in [9.17, 15) is 22.0 Å². The van der Waals surface area contributed by atoms with E-state index in [1.54, 1.807) is 13.8 Å². The van der Waals surface area contributed by atoms with Gasteiger partial charge in [-0.05, 0) is 35.8 Å². The number of rotatable bonds is 5. The van der Waals surface area contributed by atoms with Crippen molar-refractivity contribution in [3.63, 3.8) is 0 Å². The number of anilines is 1. The Balaban J connectivity index is 3.26. The lowest BCUT2D eigenvalue weighted by molar-refractivity contribution is -0.145. The largest absolute Gasteiger partial charge is 0.462 e. The summed E-state index contributed by atoms with van der Waals surface area (Å²) in [5.41, 5.74) is -0.445. The zero-order chi connectivity index (χ0) is 16.4. The molecule has 5 nitrogen and oxygen atoms in total. The summed E-state index contributed by atoms with van der Waals surface area (Å²) in [6.07, 6.45) is 0.366. The number of carbonyl (C=O) groups excluding carboxylic acids is 1. The highest BCUT2D eigenvalue weighted by Crippen LogP contribution is 2.32. The van der Waals surface area contributed by atoms with Crippen LogP contribution in [0.4, 0.5) is 14.5 Å². The summed E-state index contributed by atoms with van der Waals surface area (Å²) in [6, 6.07) is 1.44. The summed E-state index contributed by atoms with van der Waals surface area (Å²) in [5.74, 6) is -2.82. The highest BCUT2D eigenvalue weighted by Gasteiger charge is 2.27. The van der Waals surface area contributed by atoms with Gasteiger partial charge >= 0.3 is 5.97 Å². The summed E-state index contributed by atoms with van der Waals surface area (Å²) in [4.78, 5) is 11.6. The third-order valence-corrected chi connectivity index (χ3v) is 3.99. The second-order valence-corrected chi connectivity index (χ2v) is 7.29. The van der Waals surface area contributed by atoms with E-state index in [1.165, 1.54) is 0 Å². The molecule has 1 rings (SSSR count). The van der Waals surface area contributed by atoms with Crippen LogP contribution in [0.1, 0.15) is 13.8 Å². The zero-order valence-electron chi connectivity index (χ0n) is 11.6. The number of benzene rings is 1. The van der Waals surface area contributed by atoms with Gasteiger partial charge in [0.05, 0.1) is 12.4 Å². The Morgan fingerprint density at radius 2 is 1.95 bits per heavy atom. The van der Waals surface area contributed by atoms with Crippen LogP contribution in [0.5, 0.6) is 0 Å². The van der Waals surface area contributed by atoms with E-state index >= 15 is 0 Å². The molecule has 0 amide bonds. The summed E-state index contributed by atoms with van der Waals surface area (Å²) in [6.45, 7) is 2.48. The van der Waals surface area contributed by atoms with Crippen molar-refractivity contribution in [1.29, 1.82) is 0 Å². The highest BCUT2D eigenvalue weighted by atomic mass is 79.9. The average molecular weight is 386 g/mol. The van der Waals surface area contributed by atoms with Crippen LogP contribution in [0.3, 0.4) is 0 Å². The van der Waals surface area contributed by atoms with Crippen molar-refractivity contribution in [2.24, 2.45) is 0 Å². The number of esters is 1. The van der Waals surface area contributed by atoms with Gasteiger partial charge in [-0.25, -0.2) is 17.2 Å². The molecule has 0 saturated heterocycles. The van der Waals surface area contributed by atoms with E-state index in [1.807, 2.05) is 0 Å². The van der Waals surface area contributed by atoms with Gasteiger partial charge < -0.3 is 4.74 Å². The highest BCUT2D eigenvalue weighted by molar-refractivity contribution is 9.10. The van der Waals surface area contributed by atoms with E-state index < -0.39 is 46.0 Å². The molecular formula is C12H14BrF2NO4S. The van der Waals surface area contributed by atoms with Crippen LogP contribution >= 0.6 is 15.9 Å². The van der Waals surface area contributed by atoms with Gasteiger partial charge in [-0.2, -0.15) is 0 Å².